The number of anilines is 1. The molecule has 128 valence electrons. The van der Waals surface area contributed by atoms with Crippen LogP contribution in [-0.2, 0) is 20.0 Å². The van der Waals surface area contributed by atoms with E-state index in [1.165, 1.54) is 10.6 Å². The highest BCUT2D eigenvalue weighted by Gasteiger charge is 2.35. The molecule has 3 rings (SSSR count). The SMILES string of the molecule is CS(=O)(=O)N1CCC(NS(=O)(=O)C2CCCC2)c2ccccc21. The second-order valence-electron chi connectivity index (χ2n) is 6.30. The maximum Gasteiger partial charge on any atom is 0.232 e. The quantitative estimate of drug-likeness (QED) is 0.889. The Morgan fingerprint density at radius 3 is 2.35 bits per heavy atom. The third-order valence-electron chi connectivity index (χ3n) is 4.65. The van der Waals surface area contributed by atoms with Gasteiger partial charge in [-0.05, 0) is 30.9 Å². The highest BCUT2D eigenvalue weighted by atomic mass is 32.2. The van der Waals surface area contributed by atoms with E-state index in [4.69, 9.17) is 0 Å². The molecule has 23 heavy (non-hydrogen) atoms. The number of nitrogens with zero attached hydrogens (tertiary/aromatic N) is 1. The molecule has 0 aromatic heterocycles. The summed E-state index contributed by atoms with van der Waals surface area (Å²) in [4.78, 5) is 0. The fourth-order valence-electron chi connectivity index (χ4n) is 3.49. The fourth-order valence-corrected chi connectivity index (χ4v) is 6.24. The lowest BCUT2D eigenvalue weighted by Gasteiger charge is -2.34. The van der Waals surface area contributed by atoms with Crippen LogP contribution in [0.2, 0.25) is 0 Å². The summed E-state index contributed by atoms with van der Waals surface area (Å²) in [5.41, 5.74) is 1.30. The Morgan fingerprint density at radius 2 is 1.70 bits per heavy atom. The molecule has 0 saturated heterocycles. The van der Waals surface area contributed by atoms with Gasteiger partial charge in [-0.3, -0.25) is 4.31 Å². The predicted octanol–water partition coefficient (Wildman–Crippen LogP) is 1.76. The highest BCUT2D eigenvalue weighted by Crippen LogP contribution is 2.36. The maximum absolute atomic E-state index is 12.5. The molecule has 2 aliphatic rings. The highest BCUT2D eigenvalue weighted by molar-refractivity contribution is 7.92. The van der Waals surface area contributed by atoms with Gasteiger partial charge in [-0.25, -0.2) is 21.6 Å². The van der Waals surface area contributed by atoms with Crippen LogP contribution >= 0.6 is 0 Å². The van der Waals surface area contributed by atoms with Crippen molar-refractivity contribution in [2.75, 3.05) is 17.1 Å². The van der Waals surface area contributed by atoms with Crippen LogP contribution in [-0.4, -0.2) is 34.9 Å². The number of para-hydroxylation sites is 1. The molecule has 1 fully saturated rings. The summed E-state index contributed by atoms with van der Waals surface area (Å²) in [6.07, 6.45) is 4.94. The molecular weight excluding hydrogens is 336 g/mol. The summed E-state index contributed by atoms with van der Waals surface area (Å²) < 4.78 is 53.1. The van der Waals surface area contributed by atoms with E-state index in [2.05, 4.69) is 4.72 Å². The van der Waals surface area contributed by atoms with Crippen LogP contribution in [0.3, 0.4) is 0 Å². The lowest BCUT2D eigenvalue weighted by atomic mass is 9.99. The minimum Gasteiger partial charge on any atom is -0.270 e. The van der Waals surface area contributed by atoms with Gasteiger partial charge < -0.3 is 0 Å². The number of fused-ring (bicyclic) bond motifs is 1. The summed E-state index contributed by atoms with van der Waals surface area (Å²) in [6.45, 7) is 0.285. The molecule has 1 unspecified atom stereocenters. The van der Waals surface area contributed by atoms with Crippen molar-refractivity contribution in [1.29, 1.82) is 0 Å². The van der Waals surface area contributed by atoms with Crippen molar-refractivity contribution in [3.8, 4) is 0 Å². The molecule has 1 N–H and O–H groups in total. The Morgan fingerprint density at radius 1 is 1.04 bits per heavy atom. The number of benzene rings is 1. The zero-order valence-electron chi connectivity index (χ0n) is 13.1. The number of hydrogen-bond donors (Lipinski definition) is 1. The van der Waals surface area contributed by atoms with Crippen LogP contribution in [0.5, 0.6) is 0 Å². The molecule has 1 aromatic carbocycles. The minimum absolute atomic E-state index is 0.285. The number of hydrogen-bond acceptors (Lipinski definition) is 4. The molecule has 1 aliphatic heterocycles. The number of sulfonamides is 2. The molecular formula is C15H22N2O4S2. The summed E-state index contributed by atoms with van der Waals surface area (Å²) in [5, 5.41) is -0.317. The van der Waals surface area contributed by atoms with Crippen LogP contribution in [0.15, 0.2) is 24.3 Å². The molecule has 1 heterocycles. The topological polar surface area (TPSA) is 83.6 Å². The van der Waals surface area contributed by atoms with E-state index < -0.39 is 20.0 Å². The molecule has 8 heteroatoms. The Balaban J connectivity index is 1.90. The molecule has 6 nitrogen and oxygen atoms in total. The van der Waals surface area contributed by atoms with Gasteiger partial charge in [0.2, 0.25) is 20.0 Å². The summed E-state index contributed by atoms with van der Waals surface area (Å²) in [7, 11) is -6.74. The zero-order valence-corrected chi connectivity index (χ0v) is 14.7. The number of rotatable bonds is 4. The summed E-state index contributed by atoms with van der Waals surface area (Å²) >= 11 is 0. The first-order valence-electron chi connectivity index (χ1n) is 7.87. The number of nitrogens with one attached hydrogen (secondary N) is 1. The van der Waals surface area contributed by atoms with Gasteiger partial charge in [0.05, 0.1) is 23.2 Å². The molecule has 0 spiro atoms. The van der Waals surface area contributed by atoms with E-state index in [0.29, 0.717) is 24.9 Å². The van der Waals surface area contributed by atoms with Gasteiger partial charge in [0, 0.05) is 6.54 Å². The van der Waals surface area contributed by atoms with Crippen molar-refractivity contribution < 1.29 is 16.8 Å². The normalized spacial score (nSPS) is 23.0. The Labute approximate surface area is 138 Å². The standard InChI is InChI=1S/C15H22N2O4S2/c1-22(18,19)17-11-10-14(13-8-4-5-9-15(13)17)16-23(20,21)12-6-2-3-7-12/h4-5,8-9,12,14,16H,2-3,6-7,10-11H2,1H3. The molecule has 0 bridgehead atoms. The van der Waals surface area contributed by atoms with Crippen molar-refractivity contribution in [1.82, 2.24) is 4.72 Å². The van der Waals surface area contributed by atoms with E-state index in [9.17, 15) is 16.8 Å². The van der Waals surface area contributed by atoms with Gasteiger partial charge in [-0.15, -0.1) is 0 Å². The second-order valence-corrected chi connectivity index (χ2v) is 10.2. The third kappa shape index (κ3) is 3.39. The minimum atomic E-state index is -3.37. The van der Waals surface area contributed by atoms with E-state index in [1.54, 1.807) is 18.2 Å². The molecule has 1 atom stereocenters. The molecule has 1 aromatic rings. The molecule has 1 saturated carbocycles. The van der Waals surface area contributed by atoms with E-state index in [-0.39, 0.29) is 17.8 Å². The van der Waals surface area contributed by atoms with E-state index in [0.717, 1.165) is 18.4 Å². The van der Waals surface area contributed by atoms with Gasteiger partial charge in [-0.1, -0.05) is 31.0 Å². The first kappa shape index (κ1) is 16.7. The van der Waals surface area contributed by atoms with Crippen molar-refractivity contribution in [3.05, 3.63) is 29.8 Å². The van der Waals surface area contributed by atoms with E-state index >= 15 is 0 Å². The van der Waals surface area contributed by atoms with Gasteiger partial charge in [0.25, 0.3) is 0 Å². The third-order valence-corrected chi connectivity index (χ3v) is 7.79. The van der Waals surface area contributed by atoms with E-state index in [1.807, 2.05) is 6.07 Å². The smallest absolute Gasteiger partial charge is 0.232 e. The van der Waals surface area contributed by atoms with Crippen molar-refractivity contribution >= 4 is 25.7 Å². The zero-order chi connectivity index (χ0) is 16.7. The van der Waals surface area contributed by atoms with Gasteiger partial charge in [-0.2, -0.15) is 0 Å². The largest absolute Gasteiger partial charge is 0.270 e. The average molecular weight is 358 g/mol. The van der Waals surface area contributed by atoms with Crippen LogP contribution in [0.1, 0.15) is 43.7 Å². The maximum atomic E-state index is 12.5. The fraction of sp³-hybridized carbons (Fsp3) is 0.600. The molecule has 1 aliphatic carbocycles. The van der Waals surface area contributed by atoms with Crippen LogP contribution in [0.4, 0.5) is 5.69 Å². The second kappa shape index (κ2) is 6.07. The Hall–Kier alpha value is -1.12. The van der Waals surface area contributed by atoms with Gasteiger partial charge in [0.1, 0.15) is 0 Å². The summed E-state index contributed by atoms with van der Waals surface area (Å²) in [6, 6.07) is 6.74. The van der Waals surface area contributed by atoms with Crippen LogP contribution < -0.4 is 9.03 Å². The van der Waals surface area contributed by atoms with Gasteiger partial charge in [0.15, 0.2) is 0 Å². The first-order chi connectivity index (χ1) is 10.8. The Kier molecular flexibility index (Phi) is 4.41. The van der Waals surface area contributed by atoms with Crippen LogP contribution in [0.25, 0.3) is 0 Å². The van der Waals surface area contributed by atoms with Crippen LogP contribution in [0, 0.1) is 0 Å². The first-order valence-corrected chi connectivity index (χ1v) is 11.3. The lowest BCUT2D eigenvalue weighted by Crippen LogP contribution is -2.42. The Bertz CT molecular complexity index is 783. The molecule has 0 radical (unpaired) electrons. The average Bonchev–Trinajstić information content (AvgIpc) is 3.01. The lowest BCUT2D eigenvalue weighted by molar-refractivity contribution is 0.520. The predicted molar refractivity (Wildman–Crippen MR) is 90.3 cm³/mol. The van der Waals surface area contributed by atoms with Gasteiger partial charge >= 0.3 is 0 Å². The van der Waals surface area contributed by atoms with Crippen molar-refractivity contribution in [3.63, 3.8) is 0 Å². The van der Waals surface area contributed by atoms with Crippen molar-refractivity contribution in [2.45, 2.75) is 43.4 Å². The van der Waals surface area contributed by atoms with Crippen molar-refractivity contribution in [2.24, 2.45) is 0 Å². The summed E-state index contributed by atoms with van der Waals surface area (Å²) in [5.74, 6) is 0. The monoisotopic (exact) mass is 358 g/mol. The molecule has 0 amide bonds.